The number of carbonyl (C=O) groups is 1. The van der Waals surface area contributed by atoms with Crippen LogP contribution >= 0.6 is 11.8 Å². The molecule has 1 amide bonds. The molecule has 2 aromatic rings. The molecule has 0 saturated carbocycles. The first-order valence-corrected chi connectivity index (χ1v) is 7.79. The molecule has 0 aliphatic rings. The van der Waals surface area contributed by atoms with Crippen molar-refractivity contribution in [2.45, 2.75) is 24.3 Å². The van der Waals surface area contributed by atoms with Crippen LogP contribution in [0.1, 0.15) is 13.8 Å². The van der Waals surface area contributed by atoms with E-state index in [2.05, 4.69) is 15.3 Å². The lowest BCUT2D eigenvalue weighted by atomic mass is 10.2. The zero-order valence-electron chi connectivity index (χ0n) is 12.8. The van der Waals surface area contributed by atoms with Crippen LogP contribution in [0.2, 0.25) is 0 Å². The number of hydrogen-bond acceptors (Lipinski definition) is 5. The monoisotopic (exact) mass is 304 g/mol. The van der Waals surface area contributed by atoms with Gasteiger partial charge in [-0.3, -0.25) is 4.79 Å². The van der Waals surface area contributed by atoms with Crippen molar-refractivity contribution < 1.29 is 4.79 Å². The quantitative estimate of drug-likeness (QED) is 0.680. The Hall–Kier alpha value is -1.82. The van der Waals surface area contributed by atoms with E-state index in [1.807, 2.05) is 38.1 Å². The standard InChI is InChI=1S/C15H20N4OS/c1-5-16-13-11-8-6-7-9-12(11)17-15(18-13)21-10(2)14(20)19(3)4/h6-10H,5H2,1-4H3,(H,16,17,18)/t10-/m0/s1. The van der Waals surface area contributed by atoms with Gasteiger partial charge in [-0.15, -0.1) is 0 Å². The summed E-state index contributed by atoms with van der Waals surface area (Å²) in [6, 6.07) is 7.88. The molecular formula is C15H20N4OS. The molecule has 1 aromatic heterocycles. The number of para-hydroxylation sites is 1. The molecule has 1 aromatic carbocycles. The molecule has 0 fully saturated rings. The summed E-state index contributed by atoms with van der Waals surface area (Å²) in [5.74, 6) is 0.872. The van der Waals surface area contributed by atoms with E-state index < -0.39 is 0 Å². The predicted octanol–water partition coefficient (Wildman–Crippen LogP) is 2.63. The number of amides is 1. The summed E-state index contributed by atoms with van der Waals surface area (Å²) in [7, 11) is 3.51. The maximum atomic E-state index is 12.0. The Morgan fingerprint density at radius 2 is 2.05 bits per heavy atom. The second-order valence-electron chi connectivity index (χ2n) is 4.90. The summed E-state index contributed by atoms with van der Waals surface area (Å²) in [5, 5.41) is 4.66. The normalized spacial score (nSPS) is 12.2. The van der Waals surface area contributed by atoms with Gasteiger partial charge in [-0.2, -0.15) is 0 Å². The molecule has 0 spiro atoms. The second kappa shape index (κ2) is 6.76. The topological polar surface area (TPSA) is 58.1 Å². The highest BCUT2D eigenvalue weighted by Gasteiger charge is 2.18. The van der Waals surface area contributed by atoms with Crippen LogP contribution < -0.4 is 5.32 Å². The molecule has 0 aliphatic carbocycles. The van der Waals surface area contributed by atoms with Crippen LogP contribution in [0.3, 0.4) is 0 Å². The largest absolute Gasteiger partial charge is 0.370 e. The number of anilines is 1. The number of hydrogen-bond donors (Lipinski definition) is 1. The van der Waals surface area contributed by atoms with Crippen molar-refractivity contribution in [1.29, 1.82) is 0 Å². The number of benzene rings is 1. The number of nitrogens with one attached hydrogen (secondary N) is 1. The Morgan fingerprint density at radius 3 is 2.71 bits per heavy atom. The molecule has 5 nitrogen and oxygen atoms in total. The van der Waals surface area contributed by atoms with Crippen molar-refractivity contribution in [3.05, 3.63) is 24.3 Å². The fourth-order valence-electron chi connectivity index (χ4n) is 1.98. The number of nitrogens with zero attached hydrogens (tertiary/aromatic N) is 3. The zero-order valence-corrected chi connectivity index (χ0v) is 13.6. The number of carbonyl (C=O) groups excluding carboxylic acids is 1. The van der Waals surface area contributed by atoms with Crippen LogP contribution in [0.15, 0.2) is 29.4 Å². The summed E-state index contributed by atoms with van der Waals surface area (Å²) in [6.07, 6.45) is 0. The Kier molecular flexibility index (Phi) is 5.01. The SMILES string of the molecule is CCNc1nc(S[C@@H](C)C(=O)N(C)C)nc2ccccc12. The Labute approximate surface area is 129 Å². The van der Waals surface area contributed by atoms with Crippen molar-refractivity contribution in [2.24, 2.45) is 0 Å². The summed E-state index contributed by atoms with van der Waals surface area (Å²) in [5.41, 5.74) is 0.885. The van der Waals surface area contributed by atoms with Crippen LogP contribution in [0.25, 0.3) is 10.9 Å². The molecular weight excluding hydrogens is 284 g/mol. The molecule has 112 valence electrons. The molecule has 0 unspecified atom stereocenters. The van der Waals surface area contributed by atoms with Crippen LogP contribution in [0.5, 0.6) is 0 Å². The summed E-state index contributed by atoms with van der Waals surface area (Å²) < 4.78 is 0. The molecule has 2 rings (SSSR count). The molecule has 1 heterocycles. The van der Waals surface area contributed by atoms with Gasteiger partial charge in [-0.25, -0.2) is 9.97 Å². The minimum Gasteiger partial charge on any atom is -0.370 e. The Bertz CT molecular complexity index is 645. The second-order valence-corrected chi connectivity index (χ2v) is 6.20. The summed E-state index contributed by atoms with van der Waals surface area (Å²) in [6.45, 7) is 4.69. The van der Waals surface area contributed by atoms with Gasteiger partial charge < -0.3 is 10.2 Å². The van der Waals surface area contributed by atoms with E-state index in [0.29, 0.717) is 5.16 Å². The molecule has 1 atom stereocenters. The fraction of sp³-hybridized carbons (Fsp3) is 0.400. The van der Waals surface area contributed by atoms with Crippen molar-refractivity contribution in [1.82, 2.24) is 14.9 Å². The first-order valence-electron chi connectivity index (χ1n) is 6.91. The van der Waals surface area contributed by atoms with Gasteiger partial charge in [-0.05, 0) is 26.0 Å². The van der Waals surface area contributed by atoms with Crippen LogP contribution in [-0.4, -0.2) is 46.7 Å². The highest BCUT2D eigenvalue weighted by Crippen LogP contribution is 2.27. The lowest BCUT2D eigenvalue weighted by Crippen LogP contribution is -2.29. The molecule has 6 heteroatoms. The maximum Gasteiger partial charge on any atom is 0.235 e. The minimum atomic E-state index is -0.212. The van der Waals surface area contributed by atoms with E-state index in [1.54, 1.807) is 19.0 Å². The van der Waals surface area contributed by atoms with Crippen LogP contribution in [0.4, 0.5) is 5.82 Å². The zero-order chi connectivity index (χ0) is 15.4. The van der Waals surface area contributed by atoms with E-state index in [4.69, 9.17) is 0 Å². The van der Waals surface area contributed by atoms with Crippen molar-refractivity contribution >= 4 is 34.4 Å². The van der Waals surface area contributed by atoms with Gasteiger partial charge in [0, 0.05) is 26.0 Å². The van der Waals surface area contributed by atoms with E-state index >= 15 is 0 Å². The predicted molar refractivity (Wildman–Crippen MR) is 87.7 cm³/mol. The smallest absolute Gasteiger partial charge is 0.235 e. The lowest BCUT2D eigenvalue weighted by molar-refractivity contribution is -0.127. The molecule has 0 radical (unpaired) electrons. The highest BCUT2D eigenvalue weighted by atomic mass is 32.2. The highest BCUT2D eigenvalue weighted by molar-refractivity contribution is 8.00. The van der Waals surface area contributed by atoms with Gasteiger partial charge in [0.1, 0.15) is 5.82 Å². The molecule has 21 heavy (non-hydrogen) atoms. The third-order valence-corrected chi connectivity index (χ3v) is 3.95. The fourth-order valence-corrected chi connectivity index (χ4v) is 2.91. The average Bonchev–Trinajstić information content (AvgIpc) is 2.46. The molecule has 0 aliphatic heterocycles. The van der Waals surface area contributed by atoms with E-state index in [9.17, 15) is 4.79 Å². The first kappa shape index (κ1) is 15.6. The molecule has 0 bridgehead atoms. The first-order chi connectivity index (χ1) is 10.0. The third kappa shape index (κ3) is 3.64. The van der Waals surface area contributed by atoms with E-state index in [1.165, 1.54) is 11.8 Å². The molecule has 0 saturated heterocycles. The summed E-state index contributed by atoms with van der Waals surface area (Å²) >= 11 is 1.38. The van der Waals surface area contributed by atoms with Crippen LogP contribution in [0, 0.1) is 0 Å². The van der Waals surface area contributed by atoms with Crippen LogP contribution in [-0.2, 0) is 4.79 Å². The van der Waals surface area contributed by atoms with Gasteiger partial charge in [0.05, 0.1) is 10.8 Å². The minimum absolute atomic E-state index is 0.0572. The number of aromatic nitrogens is 2. The van der Waals surface area contributed by atoms with Gasteiger partial charge in [0.25, 0.3) is 0 Å². The van der Waals surface area contributed by atoms with Gasteiger partial charge >= 0.3 is 0 Å². The van der Waals surface area contributed by atoms with E-state index in [-0.39, 0.29) is 11.2 Å². The number of rotatable bonds is 5. The van der Waals surface area contributed by atoms with Gasteiger partial charge in [0.15, 0.2) is 5.16 Å². The van der Waals surface area contributed by atoms with Crippen molar-refractivity contribution in [3.8, 4) is 0 Å². The third-order valence-electron chi connectivity index (χ3n) is 3.00. The Balaban J connectivity index is 2.34. The van der Waals surface area contributed by atoms with Gasteiger partial charge in [-0.1, -0.05) is 23.9 Å². The van der Waals surface area contributed by atoms with Crippen molar-refractivity contribution in [2.75, 3.05) is 26.0 Å². The molecule has 1 N–H and O–H groups in total. The lowest BCUT2D eigenvalue weighted by Gasteiger charge is -2.16. The maximum absolute atomic E-state index is 12.0. The van der Waals surface area contributed by atoms with Crippen molar-refractivity contribution in [3.63, 3.8) is 0 Å². The Morgan fingerprint density at radius 1 is 1.33 bits per heavy atom. The van der Waals surface area contributed by atoms with E-state index in [0.717, 1.165) is 23.3 Å². The summed E-state index contributed by atoms with van der Waals surface area (Å²) in [4.78, 5) is 22.6. The average molecular weight is 304 g/mol. The van der Waals surface area contributed by atoms with Gasteiger partial charge in [0.2, 0.25) is 5.91 Å². The number of fused-ring (bicyclic) bond motifs is 1. The number of thioether (sulfide) groups is 1.